The lowest BCUT2D eigenvalue weighted by Crippen LogP contribution is -2.35. The van der Waals surface area contributed by atoms with Crippen LogP contribution in [0.1, 0.15) is 53.3 Å². The molecule has 77 heavy (non-hydrogen) atoms. The first-order valence-electron chi connectivity index (χ1n) is 20.8. The van der Waals surface area contributed by atoms with E-state index in [0.717, 1.165) is 35.9 Å². The van der Waals surface area contributed by atoms with Gasteiger partial charge in [-0.2, -0.15) is 27.5 Å². The summed E-state index contributed by atoms with van der Waals surface area (Å²) in [6, 6.07) is 8.39. The molecule has 0 fully saturated rings. The molecule has 0 radical (unpaired) electrons. The van der Waals surface area contributed by atoms with Gasteiger partial charge in [0.1, 0.15) is 22.0 Å². The third kappa shape index (κ3) is 19.3. The molecule has 1 unspecified atom stereocenters. The monoisotopic (exact) mass is 1190 g/mol. The summed E-state index contributed by atoms with van der Waals surface area (Å²) in [5.41, 5.74) is 0.0498. The van der Waals surface area contributed by atoms with E-state index in [1.807, 2.05) is 0 Å². The van der Waals surface area contributed by atoms with E-state index in [2.05, 4.69) is 30.7 Å². The van der Waals surface area contributed by atoms with Gasteiger partial charge in [-0.15, -0.1) is 6.42 Å². The van der Waals surface area contributed by atoms with Gasteiger partial charge in [0.15, 0.2) is 11.9 Å². The second kappa shape index (κ2) is 28.7. The van der Waals surface area contributed by atoms with Gasteiger partial charge in [0.2, 0.25) is 17.7 Å². The Morgan fingerprint density at radius 2 is 1.39 bits per heavy atom. The first kappa shape index (κ1) is 63.9. The summed E-state index contributed by atoms with van der Waals surface area (Å²) in [6.45, 7) is -5.63. The first-order chi connectivity index (χ1) is 35.9. The number of methoxy groups -OCH3 is 1. The lowest BCUT2D eigenvalue weighted by molar-refractivity contribution is -0.136. The van der Waals surface area contributed by atoms with E-state index in [4.69, 9.17) is 75.8 Å². The lowest BCUT2D eigenvalue weighted by Gasteiger charge is -2.19. The molecule has 8 N–H and O–H groups in total. The molecule has 1 atom stereocenters. The Hall–Kier alpha value is -7.36. The van der Waals surface area contributed by atoms with Crippen LogP contribution in [0, 0.1) is 18.2 Å². The number of hydrogen-bond donors (Lipinski definition) is 8. The summed E-state index contributed by atoms with van der Waals surface area (Å²) >= 11 is 17.3. The molecule has 34 heteroatoms. The zero-order chi connectivity index (χ0) is 58.1. The Labute approximate surface area is 446 Å². The predicted octanol–water partition coefficient (Wildman–Crippen LogP) is 7.01. The minimum absolute atomic E-state index is 0.0233. The SMILES string of the molecule is C#CC(C)Oc1cc(N2C(=O)C3=C(CCCC3)C2=O)c(F)cc1Cl.COc1c(Cl)ccc(Cl)c1C(=O)O.O=C(Nc1nc(OC(F)F)cc(OC(F)F)n1)NS(=O)(=O)c1ccccc1C(=O)O.O=C(O)CNCP(=O)(O)O. The van der Waals surface area contributed by atoms with Crippen molar-refractivity contribution in [2.24, 2.45) is 0 Å². The maximum Gasteiger partial charge on any atom is 0.388 e. The molecular weight excluding hydrogens is 1150 g/mol. The third-order valence-corrected chi connectivity index (χ3v) is 12.1. The fraction of sp³-hybridized carbons (Fsp3) is 0.256. The van der Waals surface area contributed by atoms with Crippen molar-refractivity contribution >= 4 is 99.8 Å². The Kier molecular flexibility index (Phi) is 23.8. The number of nitrogens with zero attached hydrogens (tertiary/aromatic N) is 3. The number of urea groups is 1. The number of nitrogens with one attached hydrogen (secondary N) is 3. The molecule has 1 aliphatic carbocycles. The van der Waals surface area contributed by atoms with Gasteiger partial charge in [0.05, 0.1) is 52.3 Å². The van der Waals surface area contributed by atoms with Gasteiger partial charge in [-0.3, -0.25) is 29.6 Å². The quantitative estimate of drug-likeness (QED) is 0.0228. The van der Waals surface area contributed by atoms with Crippen molar-refractivity contribution < 1.29 is 108 Å². The molecule has 6 rings (SSSR count). The predicted molar refractivity (Wildman–Crippen MR) is 259 cm³/mol. The molecule has 3 aromatic carbocycles. The minimum atomic E-state index is -4.71. The van der Waals surface area contributed by atoms with E-state index >= 15 is 0 Å². The second-order valence-corrected chi connectivity index (χ2v) is 19.2. The average Bonchev–Trinajstić information content (AvgIpc) is 3.57. The highest BCUT2D eigenvalue weighted by atomic mass is 35.5. The molecule has 24 nitrogen and oxygen atoms in total. The van der Waals surface area contributed by atoms with Crippen LogP contribution in [0.25, 0.3) is 0 Å². The third-order valence-electron chi connectivity index (χ3n) is 9.20. The smallest absolute Gasteiger partial charge is 0.388 e. The van der Waals surface area contributed by atoms with Crippen LogP contribution in [0.5, 0.6) is 23.3 Å². The van der Waals surface area contributed by atoms with Crippen molar-refractivity contribution in [3.8, 4) is 35.6 Å². The van der Waals surface area contributed by atoms with Crippen LogP contribution in [0.2, 0.25) is 15.1 Å². The Morgan fingerprint density at radius 3 is 1.86 bits per heavy atom. The number of carboxylic acids is 3. The number of anilines is 2. The topological polar surface area (TPSA) is 357 Å². The summed E-state index contributed by atoms with van der Waals surface area (Å²) in [4.78, 5) is 91.7. The van der Waals surface area contributed by atoms with Crippen molar-refractivity contribution in [2.75, 3.05) is 30.2 Å². The van der Waals surface area contributed by atoms with E-state index in [0.29, 0.717) is 30.1 Å². The normalized spacial score (nSPS) is 13.3. The van der Waals surface area contributed by atoms with Crippen LogP contribution in [0.15, 0.2) is 70.6 Å². The number of aromatic carboxylic acids is 2. The van der Waals surface area contributed by atoms with Crippen LogP contribution in [0.4, 0.5) is 38.4 Å². The standard InChI is InChI=1S/C18H15ClFNO3.C14H10F4N4O7S.C8H6Cl2O3.C3H8NO5P/c1-3-10(2)24-16-9-15(14(20)8-13(16)19)21-17(22)11-6-4-5-7-12(11)18(21)23;15-11(16)28-8-5-9(29-12(17)18)20-13(19-8)21-14(25)22-30(26,27)7-4-2-1-3-6(7)10(23)24;1-13-7-5(10)3-2-4(9)6(7)8(11)12;5-3(6)1-4-2-10(7,8)9/h1,8-10H,4-7H2,2H3;1-5,11-12H,(H,23,24)(H2,19,20,21,22,25);2-3H,1H3,(H,11,12);4H,1-2H2,(H,5,6)(H2,7,8,9). The van der Waals surface area contributed by atoms with Crippen LogP contribution in [0.3, 0.4) is 0 Å². The number of halogens is 8. The fourth-order valence-electron chi connectivity index (χ4n) is 6.15. The molecule has 1 aliphatic heterocycles. The number of aromatic nitrogens is 2. The summed E-state index contributed by atoms with van der Waals surface area (Å²) in [6.07, 6.45) is 6.87. The number of rotatable bonds is 17. The number of alkyl halides is 4. The number of ether oxygens (including phenoxy) is 4. The van der Waals surface area contributed by atoms with Gasteiger partial charge in [0, 0.05) is 17.2 Å². The summed E-state index contributed by atoms with van der Waals surface area (Å²) in [5.74, 6) is -5.87. The highest BCUT2D eigenvalue weighted by Crippen LogP contribution is 2.40. The van der Waals surface area contributed by atoms with E-state index in [9.17, 15) is 63.7 Å². The van der Waals surface area contributed by atoms with Gasteiger partial charge >= 0.3 is 44.8 Å². The van der Waals surface area contributed by atoms with Gasteiger partial charge in [-0.25, -0.2) is 36.8 Å². The number of imide groups is 1. The molecule has 2 heterocycles. The summed E-state index contributed by atoms with van der Waals surface area (Å²) in [5, 5.41) is 29.9. The van der Waals surface area contributed by atoms with E-state index in [1.165, 1.54) is 42.2 Å². The zero-order valence-corrected chi connectivity index (χ0v) is 43.0. The fourth-order valence-corrected chi connectivity index (χ4v) is 8.32. The Balaban J connectivity index is 0.000000294. The Bertz CT molecular complexity index is 3080. The number of sulfonamides is 1. The molecule has 416 valence electrons. The number of carbonyl (C=O) groups excluding carboxylic acids is 3. The molecule has 1 aromatic heterocycles. The van der Waals surface area contributed by atoms with Gasteiger partial charge in [-0.1, -0.05) is 52.9 Å². The molecule has 0 spiro atoms. The highest BCUT2D eigenvalue weighted by molar-refractivity contribution is 7.90. The average molecular weight is 1190 g/mol. The van der Waals surface area contributed by atoms with Crippen molar-refractivity contribution in [2.45, 2.75) is 56.8 Å². The van der Waals surface area contributed by atoms with Gasteiger partial charge in [-0.05, 0) is 62.9 Å². The van der Waals surface area contributed by atoms with Crippen LogP contribution in [-0.4, -0.2) is 119 Å². The number of aliphatic carboxylic acids is 1. The van der Waals surface area contributed by atoms with Crippen molar-refractivity contribution in [3.05, 3.63) is 97.8 Å². The molecule has 2 aliphatic rings. The zero-order valence-electron chi connectivity index (χ0n) is 39.0. The van der Waals surface area contributed by atoms with Gasteiger partial charge in [0.25, 0.3) is 21.8 Å². The molecular formula is C43H39Cl3F5N6O18PS. The van der Waals surface area contributed by atoms with Crippen LogP contribution < -0.4 is 39.2 Å². The molecule has 4 aromatic rings. The summed E-state index contributed by atoms with van der Waals surface area (Å²) in [7, 11) is -7.47. The van der Waals surface area contributed by atoms with Crippen molar-refractivity contribution in [1.29, 1.82) is 0 Å². The van der Waals surface area contributed by atoms with Crippen molar-refractivity contribution in [1.82, 2.24) is 20.0 Å². The summed E-state index contributed by atoms with van der Waals surface area (Å²) < 4.78 is 118. The van der Waals surface area contributed by atoms with Crippen molar-refractivity contribution in [3.63, 3.8) is 0 Å². The molecule has 0 saturated carbocycles. The number of amides is 4. The Morgan fingerprint density at radius 1 is 0.844 bits per heavy atom. The molecule has 4 amide bonds. The minimum Gasteiger partial charge on any atom is -0.494 e. The van der Waals surface area contributed by atoms with Crippen LogP contribution >= 0.6 is 42.4 Å². The number of terminal acetylenes is 1. The van der Waals surface area contributed by atoms with Crippen LogP contribution in [-0.2, 0) is 29.0 Å². The first-order valence-corrected chi connectivity index (χ1v) is 25.2. The van der Waals surface area contributed by atoms with E-state index in [-0.39, 0.29) is 37.8 Å². The number of carboxylic acid groups (broad SMARTS) is 3. The number of benzene rings is 3. The number of hydrogen-bond acceptors (Lipinski definition) is 16. The molecule has 0 saturated heterocycles. The maximum atomic E-state index is 14.4. The van der Waals surface area contributed by atoms with Gasteiger partial charge < -0.3 is 44.1 Å². The number of carbonyl (C=O) groups is 6. The molecule has 0 bridgehead atoms. The van der Waals surface area contributed by atoms with E-state index in [1.54, 1.807) is 12.2 Å². The lowest BCUT2D eigenvalue weighted by atomic mass is 9.93. The van der Waals surface area contributed by atoms with E-state index < -0.39 is 120 Å². The maximum absolute atomic E-state index is 14.4. The largest absolute Gasteiger partial charge is 0.494 e. The second-order valence-electron chi connectivity index (χ2n) is 14.6. The highest BCUT2D eigenvalue weighted by Gasteiger charge is 2.41.